The normalized spacial score (nSPS) is 10.4. The summed E-state index contributed by atoms with van der Waals surface area (Å²) in [6, 6.07) is 0. The topological polar surface area (TPSA) is 37.3 Å². The van der Waals surface area contributed by atoms with Crippen molar-refractivity contribution >= 4 is 40.9 Å². The van der Waals surface area contributed by atoms with Crippen LogP contribution in [0.2, 0.25) is 0 Å². The SMILES string of the molecule is CSP(=O)(O)SC.Cl. The molecule has 0 saturated carbocycles. The second-order valence-corrected chi connectivity index (χ2v) is 8.36. The van der Waals surface area contributed by atoms with Gasteiger partial charge in [-0.3, -0.25) is 4.57 Å². The Balaban J connectivity index is 0. The quantitative estimate of drug-likeness (QED) is 0.685. The largest absolute Gasteiger partial charge is 0.329 e. The molecule has 0 aromatic heterocycles. The number of hydrogen-bond donors (Lipinski definition) is 1. The molecule has 0 aromatic carbocycles. The van der Waals surface area contributed by atoms with Crippen LogP contribution in [0.25, 0.3) is 0 Å². The molecule has 0 radical (unpaired) electrons. The van der Waals surface area contributed by atoms with Crippen LogP contribution in [0.15, 0.2) is 0 Å². The first-order valence-electron chi connectivity index (χ1n) is 1.56. The molecule has 0 aliphatic rings. The summed E-state index contributed by atoms with van der Waals surface area (Å²) in [5, 5.41) is 0. The number of halogens is 1. The average Bonchev–Trinajstić information content (AvgIpc) is 1.68. The van der Waals surface area contributed by atoms with Gasteiger partial charge in [0.25, 0.3) is 0 Å². The van der Waals surface area contributed by atoms with Crippen LogP contribution < -0.4 is 0 Å². The highest BCUT2D eigenvalue weighted by molar-refractivity contribution is 8.88. The highest BCUT2D eigenvalue weighted by atomic mass is 35.5. The van der Waals surface area contributed by atoms with Crippen molar-refractivity contribution < 1.29 is 9.46 Å². The summed E-state index contributed by atoms with van der Waals surface area (Å²) in [6.45, 7) is 0. The maximum atomic E-state index is 10.4. The second-order valence-electron chi connectivity index (χ2n) is 0.834. The lowest BCUT2D eigenvalue weighted by molar-refractivity contribution is 0.514. The van der Waals surface area contributed by atoms with Crippen LogP contribution in [0.1, 0.15) is 0 Å². The van der Waals surface area contributed by atoms with Gasteiger partial charge in [-0.2, -0.15) is 0 Å². The van der Waals surface area contributed by atoms with Gasteiger partial charge in [0.15, 0.2) is 0 Å². The van der Waals surface area contributed by atoms with Crippen molar-refractivity contribution in [1.29, 1.82) is 0 Å². The summed E-state index contributed by atoms with van der Waals surface area (Å²) in [5.74, 6) is -2.82. The van der Waals surface area contributed by atoms with E-state index in [0.717, 1.165) is 22.8 Å². The second kappa shape index (κ2) is 5.00. The molecule has 0 aliphatic carbocycles. The molecular formula is C2H8ClO2PS2. The highest BCUT2D eigenvalue weighted by Crippen LogP contribution is 2.62. The van der Waals surface area contributed by atoms with E-state index in [9.17, 15) is 4.57 Å². The molecule has 6 heteroatoms. The fraction of sp³-hybridized carbons (Fsp3) is 1.00. The van der Waals surface area contributed by atoms with Crippen LogP contribution in [0.5, 0.6) is 0 Å². The Morgan fingerprint density at radius 1 is 1.38 bits per heavy atom. The molecular weight excluding hydrogens is 187 g/mol. The average molecular weight is 195 g/mol. The van der Waals surface area contributed by atoms with Crippen molar-refractivity contribution in [3.05, 3.63) is 0 Å². The maximum absolute atomic E-state index is 10.4. The first kappa shape index (κ1) is 11.9. The van der Waals surface area contributed by atoms with Crippen molar-refractivity contribution in [2.24, 2.45) is 0 Å². The molecule has 0 rings (SSSR count). The third-order valence-corrected chi connectivity index (χ3v) is 6.84. The van der Waals surface area contributed by atoms with Gasteiger partial charge in [0.05, 0.1) is 0 Å². The minimum Gasteiger partial charge on any atom is -0.329 e. The van der Waals surface area contributed by atoms with Gasteiger partial charge in [-0.1, -0.05) is 22.8 Å². The molecule has 0 heterocycles. The molecule has 0 atom stereocenters. The Bertz CT molecular complexity index is 90.0. The van der Waals surface area contributed by atoms with E-state index >= 15 is 0 Å². The Hall–Kier alpha value is 1.18. The lowest BCUT2D eigenvalue weighted by Gasteiger charge is -1.99. The van der Waals surface area contributed by atoms with Gasteiger partial charge >= 0.3 is 5.77 Å². The zero-order valence-electron chi connectivity index (χ0n) is 4.53. The summed E-state index contributed by atoms with van der Waals surface area (Å²) in [6.07, 6.45) is 3.24. The predicted octanol–water partition coefficient (Wildman–Crippen LogP) is 2.23. The first-order valence-corrected chi connectivity index (χ1v) is 6.88. The zero-order valence-corrected chi connectivity index (χ0v) is 7.87. The first-order chi connectivity index (χ1) is 3.12. The minimum atomic E-state index is -2.82. The van der Waals surface area contributed by atoms with Crippen molar-refractivity contribution in [3.8, 4) is 0 Å². The fourth-order valence-corrected chi connectivity index (χ4v) is 2.01. The summed E-state index contributed by atoms with van der Waals surface area (Å²) in [5.41, 5.74) is 0. The molecule has 2 nitrogen and oxygen atoms in total. The third-order valence-electron chi connectivity index (χ3n) is 0.461. The molecule has 0 aromatic rings. The van der Waals surface area contributed by atoms with Crippen LogP contribution in [-0.2, 0) is 4.57 Å². The van der Waals surface area contributed by atoms with Crippen molar-refractivity contribution in [2.75, 3.05) is 12.5 Å². The summed E-state index contributed by atoms with van der Waals surface area (Å²) in [4.78, 5) is 8.61. The van der Waals surface area contributed by atoms with Crippen molar-refractivity contribution in [1.82, 2.24) is 0 Å². The molecule has 0 saturated heterocycles. The van der Waals surface area contributed by atoms with Crippen LogP contribution in [-0.4, -0.2) is 17.4 Å². The van der Waals surface area contributed by atoms with Gasteiger partial charge in [0.1, 0.15) is 0 Å². The Labute approximate surface area is 63.2 Å². The molecule has 0 amide bonds. The standard InChI is InChI=1S/C2H7O2PS2.ClH/c1-6-5(3,4)7-2;/h1-2H3,(H,3,4);1H. The number of hydrogen-bond acceptors (Lipinski definition) is 3. The molecule has 0 bridgehead atoms. The number of rotatable bonds is 2. The Kier molecular flexibility index (Phi) is 7.45. The summed E-state index contributed by atoms with van der Waals surface area (Å²) in [7, 11) is 0. The zero-order chi connectivity index (χ0) is 5.91. The van der Waals surface area contributed by atoms with Crippen molar-refractivity contribution in [3.63, 3.8) is 0 Å². The van der Waals surface area contributed by atoms with Gasteiger partial charge < -0.3 is 4.89 Å². The van der Waals surface area contributed by atoms with E-state index in [0.29, 0.717) is 0 Å². The van der Waals surface area contributed by atoms with E-state index in [1.807, 2.05) is 0 Å². The fourth-order valence-electron chi connectivity index (χ4n) is 0.0745. The van der Waals surface area contributed by atoms with E-state index in [1.165, 1.54) is 0 Å². The molecule has 0 aliphatic heterocycles. The Morgan fingerprint density at radius 2 is 1.62 bits per heavy atom. The summed E-state index contributed by atoms with van der Waals surface area (Å²) < 4.78 is 10.4. The molecule has 8 heavy (non-hydrogen) atoms. The molecule has 0 spiro atoms. The van der Waals surface area contributed by atoms with E-state index in [4.69, 9.17) is 4.89 Å². The van der Waals surface area contributed by atoms with E-state index in [2.05, 4.69) is 0 Å². The van der Waals surface area contributed by atoms with Gasteiger partial charge in [-0.25, -0.2) is 0 Å². The molecule has 1 N–H and O–H groups in total. The van der Waals surface area contributed by atoms with Crippen LogP contribution >= 0.6 is 40.9 Å². The lowest BCUT2D eigenvalue weighted by Crippen LogP contribution is -1.58. The Morgan fingerprint density at radius 3 is 1.62 bits per heavy atom. The molecule has 0 unspecified atom stereocenters. The van der Waals surface area contributed by atoms with Gasteiger partial charge in [-0.05, 0) is 12.5 Å². The van der Waals surface area contributed by atoms with Gasteiger partial charge in [0.2, 0.25) is 0 Å². The minimum absolute atomic E-state index is 0. The molecule has 52 valence electrons. The predicted molar refractivity (Wildman–Crippen MR) is 44.1 cm³/mol. The van der Waals surface area contributed by atoms with E-state index in [1.54, 1.807) is 12.5 Å². The van der Waals surface area contributed by atoms with Crippen LogP contribution in [0.3, 0.4) is 0 Å². The molecule has 0 fully saturated rings. The van der Waals surface area contributed by atoms with Gasteiger partial charge in [-0.15, -0.1) is 12.4 Å². The van der Waals surface area contributed by atoms with Gasteiger partial charge in [0, 0.05) is 0 Å². The van der Waals surface area contributed by atoms with Crippen molar-refractivity contribution in [2.45, 2.75) is 0 Å². The highest BCUT2D eigenvalue weighted by Gasteiger charge is 2.11. The van der Waals surface area contributed by atoms with Crippen LogP contribution in [0.4, 0.5) is 0 Å². The maximum Gasteiger partial charge on any atom is 0.310 e. The third kappa shape index (κ3) is 5.32. The van der Waals surface area contributed by atoms with Crippen LogP contribution in [0, 0.1) is 0 Å². The lowest BCUT2D eigenvalue weighted by atomic mass is 12.0. The van der Waals surface area contributed by atoms with E-state index < -0.39 is 5.77 Å². The smallest absolute Gasteiger partial charge is 0.310 e. The van der Waals surface area contributed by atoms with E-state index in [-0.39, 0.29) is 12.4 Å². The monoisotopic (exact) mass is 194 g/mol. The summed E-state index contributed by atoms with van der Waals surface area (Å²) >= 11 is 2.00.